The van der Waals surface area contributed by atoms with E-state index in [9.17, 15) is 0 Å². The summed E-state index contributed by atoms with van der Waals surface area (Å²) in [7, 11) is 1.68. The summed E-state index contributed by atoms with van der Waals surface area (Å²) in [4.78, 5) is 0. The quantitative estimate of drug-likeness (QED) is 0.742. The molecule has 0 aliphatic carbocycles. The highest BCUT2D eigenvalue weighted by Gasteiger charge is 2.09. The molecule has 0 saturated heterocycles. The molecule has 0 radical (unpaired) electrons. The maximum atomic E-state index is 6.17. The summed E-state index contributed by atoms with van der Waals surface area (Å²) in [6.45, 7) is 5.64. The molecule has 1 unspecified atom stereocenters. The SMILES string of the molecule is CCOCCCC(N)c1ccc(OC)cc1C. The van der Waals surface area contributed by atoms with E-state index in [0.717, 1.165) is 31.8 Å². The third-order valence-electron chi connectivity index (χ3n) is 2.88. The van der Waals surface area contributed by atoms with Gasteiger partial charge in [-0.25, -0.2) is 0 Å². The maximum absolute atomic E-state index is 6.17. The van der Waals surface area contributed by atoms with E-state index in [1.54, 1.807) is 7.11 Å². The van der Waals surface area contributed by atoms with Crippen LogP contribution in [0.25, 0.3) is 0 Å². The molecular weight excluding hydrogens is 214 g/mol. The van der Waals surface area contributed by atoms with Crippen molar-refractivity contribution in [3.05, 3.63) is 29.3 Å². The van der Waals surface area contributed by atoms with Crippen molar-refractivity contribution >= 4 is 0 Å². The van der Waals surface area contributed by atoms with Crippen molar-refractivity contribution in [1.29, 1.82) is 0 Å². The van der Waals surface area contributed by atoms with Crippen molar-refractivity contribution in [3.63, 3.8) is 0 Å². The van der Waals surface area contributed by atoms with Gasteiger partial charge in [0.2, 0.25) is 0 Å². The van der Waals surface area contributed by atoms with Crippen molar-refractivity contribution in [2.24, 2.45) is 5.73 Å². The van der Waals surface area contributed by atoms with Gasteiger partial charge < -0.3 is 15.2 Å². The molecule has 2 N–H and O–H groups in total. The lowest BCUT2D eigenvalue weighted by Crippen LogP contribution is -2.12. The predicted molar refractivity (Wildman–Crippen MR) is 70.4 cm³/mol. The fourth-order valence-electron chi connectivity index (χ4n) is 1.90. The molecule has 1 rings (SSSR count). The Labute approximate surface area is 104 Å². The minimum atomic E-state index is 0.0846. The number of hydrogen-bond acceptors (Lipinski definition) is 3. The van der Waals surface area contributed by atoms with Crippen LogP contribution in [0.5, 0.6) is 5.75 Å². The van der Waals surface area contributed by atoms with Crippen LogP contribution in [0.4, 0.5) is 0 Å². The Morgan fingerprint density at radius 3 is 2.71 bits per heavy atom. The summed E-state index contributed by atoms with van der Waals surface area (Å²) < 4.78 is 10.5. The van der Waals surface area contributed by atoms with E-state index < -0.39 is 0 Å². The highest BCUT2D eigenvalue weighted by Crippen LogP contribution is 2.23. The Kier molecular flexibility index (Phi) is 6.01. The first-order chi connectivity index (χ1) is 8.19. The molecule has 0 fully saturated rings. The number of ether oxygens (including phenoxy) is 2. The van der Waals surface area contributed by atoms with Gasteiger partial charge in [0.1, 0.15) is 5.75 Å². The summed E-state index contributed by atoms with van der Waals surface area (Å²) in [5.74, 6) is 0.882. The van der Waals surface area contributed by atoms with Crippen molar-refractivity contribution < 1.29 is 9.47 Å². The summed E-state index contributed by atoms with van der Waals surface area (Å²) in [5.41, 5.74) is 8.56. The zero-order valence-electron chi connectivity index (χ0n) is 11.0. The van der Waals surface area contributed by atoms with E-state index in [4.69, 9.17) is 15.2 Å². The fourth-order valence-corrected chi connectivity index (χ4v) is 1.90. The maximum Gasteiger partial charge on any atom is 0.119 e. The van der Waals surface area contributed by atoms with Crippen LogP contribution in [0.15, 0.2) is 18.2 Å². The van der Waals surface area contributed by atoms with Crippen LogP contribution in [-0.2, 0) is 4.74 Å². The van der Waals surface area contributed by atoms with E-state index in [-0.39, 0.29) is 6.04 Å². The normalized spacial score (nSPS) is 12.5. The lowest BCUT2D eigenvalue weighted by atomic mass is 9.98. The molecule has 1 atom stereocenters. The number of methoxy groups -OCH3 is 1. The lowest BCUT2D eigenvalue weighted by Gasteiger charge is -2.15. The molecule has 96 valence electrons. The van der Waals surface area contributed by atoms with Gasteiger partial charge in [-0.3, -0.25) is 0 Å². The Morgan fingerprint density at radius 1 is 1.35 bits per heavy atom. The number of benzene rings is 1. The molecule has 3 nitrogen and oxygen atoms in total. The van der Waals surface area contributed by atoms with Gasteiger partial charge in [-0.15, -0.1) is 0 Å². The summed E-state index contributed by atoms with van der Waals surface area (Å²) >= 11 is 0. The first kappa shape index (κ1) is 14.0. The molecule has 0 amide bonds. The molecule has 0 saturated carbocycles. The first-order valence-corrected chi connectivity index (χ1v) is 6.17. The van der Waals surface area contributed by atoms with Crippen LogP contribution in [-0.4, -0.2) is 20.3 Å². The summed E-state index contributed by atoms with van der Waals surface area (Å²) in [6, 6.07) is 6.13. The van der Waals surface area contributed by atoms with E-state index in [2.05, 4.69) is 13.0 Å². The van der Waals surface area contributed by atoms with Crippen molar-refractivity contribution in [2.45, 2.75) is 32.7 Å². The Morgan fingerprint density at radius 2 is 2.12 bits per heavy atom. The highest BCUT2D eigenvalue weighted by molar-refractivity contribution is 5.36. The Hall–Kier alpha value is -1.06. The predicted octanol–water partition coefficient (Wildman–Crippen LogP) is 2.82. The monoisotopic (exact) mass is 237 g/mol. The van der Waals surface area contributed by atoms with Gasteiger partial charge in [-0.2, -0.15) is 0 Å². The average molecular weight is 237 g/mol. The van der Waals surface area contributed by atoms with Crippen LogP contribution in [0.1, 0.15) is 36.9 Å². The van der Waals surface area contributed by atoms with Crippen LogP contribution < -0.4 is 10.5 Å². The molecule has 0 spiro atoms. The van der Waals surface area contributed by atoms with Gasteiger partial charge in [0.15, 0.2) is 0 Å². The first-order valence-electron chi connectivity index (χ1n) is 6.17. The largest absolute Gasteiger partial charge is 0.497 e. The zero-order chi connectivity index (χ0) is 12.7. The lowest BCUT2D eigenvalue weighted by molar-refractivity contribution is 0.142. The second kappa shape index (κ2) is 7.30. The third-order valence-corrected chi connectivity index (χ3v) is 2.88. The van der Waals surface area contributed by atoms with Gasteiger partial charge >= 0.3 is 0 Å². The second-order valence-electron chi connectivity index (χ2n) is 4.17. The Bertz CT molecular complexity index is 339. The number of rotatable bonds is 7. The molecule has 0 aliphatic heterocycles. The Balaban J connectivity index is 2.53. The van der Waals surface area contributed by atoms with E-state index in [0.29, 0.717) is 0 Å². The topological polar surface area (TPSA) is 44.5 Å². The smallest absolute Gasteiger partial charge is 0.119 e. The number of aryl methyl sites for hydroxylation is 1. The molecule has 3 heteroatoms. The number of hydrogen-bond donors (Lipinski definition) is 1. The number of nitrogens with two attached hydrogens (primary N) is 1. The van der Waals surface area contributed by atoms with Crippen LogP contribution in [0, 0.1) is 6.92 Å². The van der Waals surface area contributed by atoms with Gasteiger partial charge in [0.25, 0.3) is 0 Å². The second-order valence-corrected chi connectivity index (χ2v) is 4.17. The average Bonchev–Trinajstić information content (AvgIpc) is 2.34. The van der Waals surface area contributed by atoms with Gasteiger partial charge in [-0.1, -0.05) is 6.07 Å². The van der Waals surface area contributed by atoms with E-state index in [1.165, 1.54) is 11.1 Å². The zero-order valence-corrected chi connectivity index (χ0v) is 11.0. The minimum Gasteiger partial charge on any atom is -0.497 e. The van der Waals surface area contributed by atoms with Crippen molar-refractivity contribution in [2.75, 3.05) is 20.3 Å². The molecule has 0 aliphatic rings. The molecule has 17 heavy (non-hydrogen) atoms. The molecule has 0 bridgehead atoms. The fraction of sp³-hybridized carbons (Fsp3) is 0.571. The molecule has 0 heterocycles. The van der Waals surface area contributed by atoms with Crippen molar-refractivity contribution in [3.8, 4) is 5.75 Å². The molecular formula is C14H23NO2. The van der Waals surface area contributed by atoms with Gasteiger partial charge in [-0.05, 0) is 49.9 Å². The van der Waals surface area contributed by atoms with Gasteiger partial charge in [0, 0.05) is 19.3 Å². The standard InChI is InChI=1S/C14H23NO2/c1-4-17-9-5-6-14(15)13-8-7-12(16-3)10-11(13)2/h7-8,10,14H,4-6,9,15H2,1-3H3. The summed E-state index contributed by atoms with van der Waals surface area (Å²) in [5, 5.41) is 0. The molecule has 1 aromatic rings. The van der Waals surface area contributed by atoms with Crippen molar-refractivity contribution in [1.82, 2.24) is 0 Å². The summed E-state index contributed by atoms with van der Waals surface area (Å²) in [6.07, 6.45) is 1.95. The third kappa shape index (κ3) is 4.36. The van der Waals surface area contributed by atoms with Crippen LogP contribution in [0.3, 0.4) is 0 Å². The molecule has 1 aromatic carbocycles. The van der Waals surface area contributed by atoms with Crippen LogP contribution in [0.2, 0.25) is 0 Å². The van der Waals surface area contributed by atoms with E-state index in [1.807, 2.05) is 19.1 Å². The highest BCUT2D eigenvalue weighted by atomic mass is 16.5. The van der Waals surface area contributed by atoms with Crippen LogP contribution >= 0.6 is 0 Å². The van der Waals surface area contributed by atoms with Gasteiger partial charge in [0.05, 0.1) is 7.11 Å². The molecule has 0 aromatic heterocycles. The minimum absolute atomic E-state index is 0.0846. The van der Waals surface area contributed by atoms with E-state index >= 15 is 0 Å².